The van der Waals surface area contributed by atoms with Crippen molar-refractivity contribution in [3.05, 3.63) is 41.2 Å². The zero-order chi connectivity index (χ0) is 14.1. The lowest BCUT2D eigenvalue weighted by molar-refractivity contribution is 0.811. The Balaban J connectivity index is 2.04. The van der Waals surface area contributed by atoms with Gasteiger partial charge in [-0.05, 0) is 55.5 Å². The number of hydrogen-bond donors (Lipinski definition) is 1. The predicted octanol–water partition coefficient (Wildman–Crippen LogP) is 3.93. The van der Waals surface area contributed by atoms with Crippen LogP contribution >= 0.6 is 0 Å². The lowest BCUT2D eigenvalue weighted by Crippen LogP contribution is -2.11. The molecule has 0 saturated carbocycles. The maximum atomic E-state index is 4.72. The van der Waals surface area contributed by atoms with Gasteiger partial charge in [-0.25, -0.2) is 9.97 Å². The highest BCUT2D eigenvalue weighted by molar-refractivity contribution is 5.64. The van der Waals surface area contributed by atoms with E-state index in [0.29, 0.717) is 5.92 Å². The molecule has 2 heterocycles. The number of nitrogens with one attached hydrogen (secondary N) is 1. The Kier molecular flexibility index (Phi) is 3.43. The smallest absolute Gasteiger partial charge is 0.159 e. The molecule has 0 amide bonds. The maximum absolute atomic E-state index is 4.72. The Morgan fingerprint density at radius 2 is 2.00 bits per heavy atom. The Bertz CT molecular complexity index is 632. The van der Waals surface area contributed by atoms with Crippen LogP contribution in [-0.4, -0.2) is 16.5 Å². The molecule has 3 rings (SSSR count). The van der Waals surface area contributed by atoms with Gasteiger partial charge in [-0.2, -0.15) is 0 Å². The van der Waals surface area contributed by atoms with E-state index >= 15 is 0 Å². The van der Waals surface area contributed by atoms with Crippen molar-refractivity contribution in [2.75, 3.05) is 11.9 Å². The summed E-state index contributed by atoms with van der Waals surface area (Å²) in [5.74, 6) is 1.27. The van der Waals surface area contributed by atoms with E-state index in [9.17, 15) is 0 Å². The van der Waals surface area contributed by atoms with E-state index in [0.717, 1.165) is 35.7 Å². The normalized spacial score (nSPS) is 14.0. The molecular formula is C17H21N3. The molecule has 104 valence electrons. The third-order valence-electron chi connectivity index (χ3n) is 3.77. The van der Waals surface area contributed by atoms with E-state index in [2.05, 4.69) is 48.4 Å². The predicted molar refractivity (Wildman–Crippen MR) is 83.1 cm³/mol. The highest BCUT2D eigenvalue weighted by Crippen LogP contribution is 2.27. The van der Waals surface area contributed by atoms with Crippen LogP contribution in [0, 0.1) is 6.92 Å². The van der Waals surface area contributed by atoms with Gasteiger partial charge in [0.1, 0.15) is 0 Å². The van der Waals surface area contributed by atoms with Crippen LogP contribution in [0.4, 0.5) is 5.69 Å². The second-order valence-corrected chi connectivity index (χ2v) is 5.81. The van der Waals surface area contributed by atoms with E-state index in [-0.39, 0.29) is 0 Å². The third kappa shape index (κ3) is 2.53. The summed E-state index contributed by atoms with van der Waals surface area (Å²) < 4.78 is 0. The zero-order valence-corrected chi connectivity index (χ0v) is 12.4. The molecule has 0 spiro atoms. The van der Waals surface area contributed by atoms with Gasteiger partial charge in [-0.1, -0.05) is 13.8 Å². The molecule has 1 N–H and O–H groups in total. The van der Waals surface area contributed by atoms with Gasteiger partial charge in [0.2, 0.25) is 0 Å². The molecule has 3 nitrogen and oxygen atoms in total. The van der Waals surface area contributed by atoms with Gasteiger partial charge >= 0.3 is 0 Å². The van der Waals surface area contributed by atoms with Gasteiger partial charge in [0, 0.05) is 29.2 Å². The minimum absolute atomic E-state index is 0.426. The first-order chi connectivity index (χ1) is 9.63. The summed E-state index contributed by atoms with van der Waals surface area (Å²) in [6.45, 7) is 7.45. The summed E-state index contributed by atoms with van der Waals surface area (Å²) >= 11 is 0. The fraction of sp³-hybridized carbons (Fsp3) is 0.412. The minimum atomic E-state index is 0.426. The summed E-state index contributed by atoms with van der Waals surface area (Å²) in [7, 11) is 0. The average Bonchev–Trinajstić information content (AvgIpc) is 2.46. The van der Waals surface area contributed by atoms with Crippen molar-refractivity contribution in [2.45, 2.75) is 39.5 Å². The van der Waals surface area contributed by atoms with Crippen LogP contribution in [0.25, 0.3) is 11.4 Å². The molecule has 3 heteroatoms. The molecule has 0 atom stereocenters. The highest BCUT2D eigenvalue weighted by Gasteiger charge is 2.12. The molecule has 1 aromatic heterocycles. The largest absolute Gasteiger partial charge is 0.385 e. The first-order valence-electron chi connectivity index (χ1n) is 7.36. The maximum Gasteiger partial charge on any atom is 0.159 e. The van der Waals surface area contributed by atoms with Crippen LogP contribution in [0.15, 0.2) is 24.3 Å². The van der Waals surface area contributed by atoms with Gasteiger partial charge in [0.25, 0.3) is 0 Å². The SMILES string of the molecule is Cc1cc(C(C)C)nc(-c2ccc3c(c2)CCCN3)n1. The van der Waals surface area contributed by atoms with Crippen molar-refractivity contribution in [3.63, 3.8) is 0 Å². The summed E-state index contributed by atoms with van der Waals surface area (Å²) in [6, 6.07) is 8.59. The van der Waals surface area contributed by atoms with Crippen molar-refractivity contribution in [1.29, 1.82) is 0 Å². The molecule has 0 bridgehead atoms. The second kappa shape index (κ2) is 5.23. The molecule has 20 heavy (non-hydrogen) atoms. The quantitative estimate of drug-likeness (QED) is 0.895. The zero-order valence-electron chi connectivity index (χ0n) is 12.4. The van der Waals surface area contributed by atoms with Crippen molar-refractivity contribution < 1.29 is 0 Å². The van der Waals surface area contributed by atoms with E-state index < -0.39 is 0 Å². The molecule has 0 radical (unpaired) electrons. The first kappa shape index (κ1) is 13.1. The molecule has 1 aliphatic heterocycles. The van der Waals surface area contributed by atoms with E-state index in [1.54, 1.807) is 0 Å². The van der Waals surface area contributed by atoms with Crippen molar-refractivity contribution >= 4 is 5.69 Å². The molecule has 2 aromatic rings. The topological polar surface area (TPSA) is 37.8 Å². The third-order valence-corrected chi connectivity index (χ3v) is 3.77. The van der Waals surface area contributed by atoms with Gasteiger partial charge in [-0.15, -0.1) is 0 Å². The lowest BCUT2D eigenvalue weighted by atomic mass is 10.0. The van der Waals surface area contributed by atoms with Gasteiger partial charge in [-0.3, -0.25) is 0 Å². The van der Waals surface area contributed by atoms with E-state index in [1.165, 1.54) is 17.7 Å². The number of rotatable bonds is 2. The number of aryl methyl sites for hydroxylation is 2. The molecule has 0 unspecified atom stereocenters. The number of fused-ring (bicyclic) bond motifs is 1. The molecule has 0 aliphatic carbocycles. The monoisotopic (exact) mass is 267 g/mol. The summed E-state index contributed by atoms with van der Waals surface area (Å²) in [6.07, 6.45) is 2.33. The molecule has 1 aliphatic rings. The Hall–Kier alpha value is -1.90. The van der Waals surface area contributed by atoms with Gasteiger partial charge < -0.3 is 5.32 Å². The fourth-order valence-electron chi connectivity index (χ4n) is 2.63. The van der Waals surface area contributed by atoms with Gasteiger partial charge in [0.05, 0.1) is 0 Å². The number of hydrogen-bond acceptors (Lipinski definition) is 3. The average molecular weight is 267 g/mol. The Morgan fingerprint density at radius 3 is 2.80 bits per heavy atom. The van der Waals surface area contributed by atoms with Crippen LogP contribution in [-0.2, 0) is 6.42 Å². The summed E-state index contributed by atoms with van der Waals surface area (Å²) in [5, 5.41) is 3.44. The van der Waals surface area contributed by atoms with E-state index in [4.69, 9.17) is 4.98 Å². The second-order valence-electron chi connectivity index (χ2n) is 5.81. The standard InChI is InChI=1S/C17H21N3/c1-11(2)16-9-12(3)19-17(20-16)14-6-7-15-13(10-14)5-4-8-18-15/h6-7,9-11,18H,4-5,8H2,1-3H3. The summed E-state index contributed by atoms with van der Waals surface area (Å²) in [4.78, 5) is 9.32. The Labute approximate surface area is 120 Å². The van der Waals surface area contributed by atoms with Crippen LogP contribution in [0.2, 0.25) is 0 Å². The first-order valence-corrected chi connectivity index (χ1v) is 7.36. The number of aromatic nitrogens is 2. The van der Waals surface area contributed by atoms with Gasteiger partial charge in [0.15, 0.2) is 5.82 Å². The Morgan fingerprint density at radius 1 is 1.15 bits per heavy atom. The molecular weight excluding hydrogens is 246 g/mol. The van der Waals surface area contributed by atoms with Crippen LogP contribution in [0.3, 0.4) is 0 Å². The van der Waals surface area contributed by atoms with Crippen molar-refractivity contribution in [3.8, 4) is 11.4 Å². The van der Waals surface area contributed by atoms with E-state index in [1.807, 2.05) is 6.92 Å². The molecule has 1 aromatic carbocycles. The van der Waals surface area contributed by atoms with Crippen LogP contribution < -0.4 is 5.32 Å². The fourth-order valence-corrected chi connectivity index (χ4v) is 2.63. The van der Waals surface area contributed by atoms with Crippen molar-refractivity contribution in [1.82, 2.24) is 9.97 Å². The highest BCUT2D eigenvalue weighted by atomic mass is 14.9. The molecule has 0 fully saturated rings. The number of nitrogens with zero attached hydrogens (tertiary/aromatic N) is 2. The van der Waals surface area contributed by atoms with Crippen LogP contribution in [0.5, 0.6) is 0 Å². The molecule has 0 saturated heterocycles. The number of benzene rings is 1. The number of anilines is 1. The summed E-state index contributed by atoms with van der Waals surface area (Å²) in [5.41, 5.74) is 5.91. The van der Waals surface area contributed by atoms with Crippen LogP contribution in [0.1, 0.15) is 43.1 Å². The minimum Gasteiger partial charge on any atom is -0.385 e. The lowest BCUT2D eigenvalue weighted by Gasteiger charge is -2.18. The van der Waals surface area contributed by atoms with Crippen molar-refractivity contribution in [2.24, 2.45) is 0 Å².